The zero-order valence-corrected chi connectivity index (χ0v) is 12.0. The van der Waals surface area contributed by atoms with Crippen LogP contribution in [0.3, 0.4) is 0 Å². The number of aromatic nitrogens is 1. The highest BCUT2D eigenvalue weighted by Gasteiger charge is 2.26. The minimum Gasteiger partial charge on any atom is -0.305 e. The first kappa shape index (κ1) is 15.5. The van der Waals surface area contributed by atoms with Crippen LogP contribution in [0.4, 0.5) is 13.2 Å². The highest BCUT2D eigenvalue weighted by molar-refractivity contribution is 5.34. The van der Waals surface area contributed by atoms with Gasteiger partial charge >= 0.3 is 0 Å². The molecule has 0 aliphatic rings. The topological polar surface area (TPSA) is 24.9 Å². The average molecular weight is 294 g/mol. The van der Waals surface area contributed by atoms with Crippen LogP contribution in [0.25, 0.3) is 0 Å². The molecule has 0 aliphatic carbocycles. The Morgan fingerprint density at radius 2 is 1.90 bits per heavy atom. The van der Waals surface area contributed by atoms with Crippen molar-refractivity contribution in [3.63, 3.8) is 0 Å². The van der Waals surface area contributed by atoms with Gasteiger partial charge in [-0.05, 0) is 43.7 Å². The number of hydrogen-bond donors (Lipinski definition) is 1. The van der Waals surface area contributed by atoms with Gasteiger partial charge in [0.15, 0.2) is 0 Å². The van der Waals surface area contributed by atoms with E-state index in [1.807, 2.05) is 6.92 Å². The molecule has 2 rings (SSSR count). The van der Waals surface area contributed by atoms with Gasteiger partial charge in [0.25, 0.3) is 0 Å². The Labute approximate surface area is 122 Å². The van der Waals surface area contributed by atoms with Crippen LogP contribution in [0, 0.1) is 24.4 Å². The summed E-state index contributed by atoms with van der Waals surface area (Å²) >= 11 is 0. The van der Waals surface area contributed by atoms with Crippen LogP contribution >= 0.6 is 0 Å². The Morgan fingerprint density at radius 1 is 1.14 bits per heavy atom. The maximum Gasteiger partial charge on any atom is 0.146 e. The minimum atomic E-state index is -0.953. The summed E-state index contributed by atoms with van der Waals surface area (Å²) in [5.41, 5.74) is 0.112. The number of halogens is 3. The maximum absolute atomic E-state index is 14.3. The van der Waals surface area contributed by atoms with E-state index in [1.54, 1.807) is 6.92 Å². The fraction of sp³-hybridized carbons (Fsp3) is 0.312. The van der Waals surface area contributed by atoms with Crippen molar-refractivity contribution >= 4 is 0 Å². The number of rotatable bonds is 5. The molecule has 0 aliphatic heterocycles. The first-order chi connectivity index (χ1) is 10.1. The van der Waals surface area contributed by atoms with Gasteiger partial charge in [-0.3, -0.25) is 4.98 Å². The van der Waals surface area contributed by atoms with Crippen molar-refractivity contribution in [2.45, 2.75) is 26.3 Å². The summed E-state index contributed by atoms with van der Waals surface area (Å²) in [5.74, 6) is -1.98. The summed E-state index contributed by atoms with van der Waals surface area (Å²) in [6.45, 7) is 3.96. The number of benzene rings is 1. The van der Waals surface area contributed by atoms with Crippen LogP contribution in [0.1, 0.15) is 36.2 Å². The molecule has 2 aromatic rings. The summed E-state index contributed by atoms with van der Waals surface area (Å²) in [5, 5.41) is 2.97. The van der Waals surface area contributed by atoms with Crippen molar-refractivity contribution in [3.05, 3.63) is 64.7 Å². The van der Waals surface area contributed by atoms with Crippen molar-refractivity contribution in [2.24, 2.45) is 0 Å². The molecule has 1 unspecified atom stereocenters. The molecule has 1 N–H and O–H groups in total. The van der Waals surface area contributed by atoms with Crippen molar-refractivity contribution in [2.75, 3.05) is 6.54 Å². The first-order valence-corrected chi connectivity index (χ1v) is 6.84. The molecule has 112 valence electrons. The molecule has 5 heteroatoms. The first-order valence-electron chi connectivity index (χ1n) is 6.84. The zero-order chi connectivity index (χ0) is 15.4. The number of nitrogens with one attached hydrogen (secondary N) is 1. The van der Waals surface area contributed by atoms with Crippen molar-refractivity contribution in [3.8, 4) is 0 Å². The molecule has 0 saturated carbocycles. The lowest BCUT2D eigenvalue weighted by molar-refractivity contribution is 0.477. The quantitative estimate of drug-likeness (QED) is 0.904. The fourth-order valence-electron chi connectivity index (χ4n) is 2.18. The van der Waals surface area contributed by atoms with Crippen LogP contribution in [-0.4, -0.2) is 11.5 Å². The van der Waals surface area contributed by atoms with Crippen LogP contribution in [-0.2, 0) is 0 Å². The third-order valence-corrected chi connectivity index (χ3v) is 3.27. The molecule has 1 aromatic heterocycles. The summed E-state index contributed by atoms with van der Waals surface area (Å²) in [4.78, 5) is 3.95. The molecule has 0 radical (unpaired) electrons. The van der Waals surface area contributed by atoms with E-state index in [0.29, 0.717) is 12.1 Å². The van der Waals surface area contributed by atoms with Crippen molar-refractivity contribution < 1.29 is 13.2 Å². The van der Waals surface area contributed by atoms with E-state index in [4.69, 9.17) is 0 Å². The van der Waals surface area contributed by atoms with E-state index in [1.165, 1.54) is 30.5 Å². The van der Waals surface area contributed by atoms with Crippen molar-refractivity contribution in [1.82, 2.24) is 10.3 Å². The Bertz CT molecular complexity index is 629. The molecule has 1 heterocycles. The average Bonchev–Trinajstić information content (AvgIpc) is 2.47. The standard InChI is InChI=1S/C16H17F3N2/c1-3-8-20-16(15-12(18)5-4-9-21-15)13-11(17)7-6-10(2)14(13)19/h4-7,9,16,20H,3,8H2,1-2H3. The third kappa shape index (κ3) is 3.24. The second-order valence-electron chi connectivity index (χ2n) is 4.85. The van der Waals surface area contributed by atoms with Gasteiger partial charge in [0, 0.05) is 11.8 Å². The molecule has 21 heavy (non-hydrogen) atoms. The largest absolute Gasteiger partial charge is 0.305 e. The summed E-state index contributed by atoms with van der Waals surface area (Å²) in [7, 11) is 0. The van der Waals surface area contributed by atoms with Gasteiger partial charge in [0.1, 0.15) is 17.5 Å². The number of pyridine rings is 1. The van der Waals surface area contributed by atoms with Gasteiger partial charge in [0.2, 0.25) is 0 Å². The van der Waals surface area contributed by atoms with E-state index >= 15 is 0 Å². The molecular formula is C16H17F3N2. The smallest absolute Gasteiger partial charge is 0.146 e. The summed E-state index contributed by atoms with van der Waals surface area (Å²) < 4.78 is 42.4. The summed E-state index contributed by atoms with van der Waals surface area (Å²) in [6, 6.07) is 4.27. The van der Waals surface area contributed by atoms with Crippen LogP contribution in [0.5, 0.6) is 0 Å². The SMILES string of the molecule is CCCNC(c1ncccc1F)c1c(F)ccc(C)c1F. The van der Waals surface area contributed by atoms with Gasteiger partial charge in [-0.1, -0.05) is 13.0 Å². The predicted octanol–water partition coefficient (Wildman–Crippen LogP) is 3.90. The van der Waals surface area contributed by atoms with E-state index in [2.05, 4.69) is 10.3 Å². The molecule has 1 atom stereocenters. The molecule has 0 fully saturated rings. The van der Waals surface area contributed by atoms with Crippen LogP contribution in [0.2, 0.25) is 0 Å². The van der Waals surface area contributed by atoms with Crippen LogP contribution < -0.4 is 5.32 Å². The third-order valence-electron chi connectivity index (χ3n) is 3.27. The van der Waals surface area contributed by atoms with Gasteiger partial charge in [-0.2, -0.15) is 0 Å². The number of hydrogen-bond acceptors (Lipinski definition) is 2. The Hall–Kier alpha value is -1.88. The van der Waals surface area contributed by atoms with Crippen LogP contribution in [0.15, 0.2) is 30.5 Å². The fourth-order valence-corrected chi connectivity index (χ4v) is 2.18. The molecule has 1 aromatic carbocycles. The molecule has 0 spiro atoms. The molecule has 0 amide bonds. The predicted molar refractivity (Wildman–Crippen MR) is 75.4 cm³/mol. The molecule has 0 saturated heterocycles. The van der Waals surface area contributed by atoms with E-state index in [0.717, 1.165) is 6.42 Å². The lowest BCUT2D eigenvalue weighted by Gasteiger charge is -2.21. The highest BCUT2D eigenvalue weighted by atomic mass is 19.1. The van der Waals surface area contributed by atoms with Crippen molar-refractivity contribution in [1.29, 1.82) is 0 Å². The molecule has 0 bridgehead atoms. The monoisotopic (exact) mass is 294 g/mol. The van der Waals surface area contributed by atoms with Gasteiger partial charge in [0.05, 0.1) is 11.7 Å². The molecule has 2 nitrogen and oxygen atoms in total. The van der Waals surface area contributed by atoms with E-state index < -0.39 is 23.5 Å². The van der Waals surface area contributed by atoms with Gasteiger partial charge in [-0.25, -0.2) is 13.2 Å². The Morgan fingerprint density at radius 3 is 2.57 bits per heavy atom. The number of aryl methyl sites for hydroxylation is 1. The normalized spacial score (nSPS) is 12.4. The van der Waals surface area contributed by atoms with E-state index in [-0.39, 0.29) is 11.3 Å². The molecular weight excluding hydrogens is 277 g/mol. The minimum absolute atomic E-state index is 0.00523. The summed E-state index contributed by atoms with van der Waals surface area (Å²) in [6.07, 6.45) is 2.16. The Kier molecular flexibility index (Phi) is 4.96. The maximum atomic E-state index is 14.3. The second-order valence-corrected chi connectivity index (χ2v) is 4.85. The lowest BCUT2D eigenvalue weighted by Crippen LogP contribution is -2.27. The second kappa shape index (κ2) is 6.72. The Balaban J connectivity index is 2.56. The lowest BCUT2D eigenvalue weighted by atomic mass is 9.99. The van der Waals surface area contributed by atoms with E-state index in [9.17, 15) is 13.2 Å². The highest BCUT2D eigenvalue weighted by Crippen LogP contribution is 2.28. The van der Waals surface area contributed by atoms with Gasteiger partial charge in [-0.15, -0.1) is 0 Å². The van der Waals surface area contributed by atoms with Gasteiger partial charge < -0.3 is 5.32 Å². The number of nitrogens with zero attached hydrogens (tertiary/aromatic N) is 1. The zero-order valence-electron chi connectivity index (χ0n) is 12.0.